The van der Waals surface area contributed by atoms with Gasteiger partial charge in [0, 0.05) is 38.0 Å². The molecule has 3 aromatic rings. The molecule has 4 rings (SSSR count). The molecule has 1 fully saturated rings. The Morgan fingerprint density at radius 3 is 2.68 bits per heavy atom. The minimum Gasteiger partial charge on any atom is -0.254 e. The van der Waals surface area contributed by atoms with Crippen LogP contribution in [-0.4, -0.2) is 55.4 Å². The largest absolute Gasteiger partial charge is 0.264 e. The fourth-order valence-corrected chi connectivity index (χ4v) is 4.52. The Morgan fingerprint density at radius 2 is 2.00 bits per heavy atom. The zero-order chi connectivity index (χ0) is 17.6. The third kappa shape index (κ3) is 2.78. The zero-order valence-corrected chi connectivity index (χ0v) is 14.3. The maximum Gasteiger partial charge on any atom is 0.264 e. The van der Waals surface area contributed by atoms with Crippen molar-refractivity contribution in [1.82, 2.24) is 33.9 Å². The molecule has 0 spiro atoms. The molecule has 0 amide bonds. The van der Waals surface area contributed by atoms with Crippen LogP contribution in [0.5, 0.6) is 0 Å². The number of halogens is 1. The zero-order valence-electron chi connectivity index (χ0n) is 13.4. The molecule has 0 atom stereocenters. The van der Waals surface area contributed by atoms with Crippen molar-refractivity contribution >= 4 is 15.7 Å². The smallest absolute Gasteiger partial charge is 0.254 e. The summed E-state index contributed by atoms with van der Waals surface area (Å²) in [5.41, 5.74) is 0.985. The SMILES string of the molecule is Cn1cc(S(=O)(=O)N2CCC(c3cn4ncnc4cc3F)CC2)nn1. The summed E-state index contributed by atoms with van der Waals surface area (Å²) in [7, 11) is -2.05. The number of hydrogen-bond acceptors (Lipinski definition) is 6. The third-order valence-electron chi connectivity index (χ3n) is 4.47. The number of hydrogen-bond donors (Lipinski definition) is 0. The molecule has 11 heteroatoms. The van der Waals surface area contributed by atoms with Gasteiger partial charge in [0.25, 0.3) is 10.0 Å². The quantitative estimate of drug-likeness (QED) is 0.673. The summed E-state index contributed by atoms with van der Waals surface area (Å²) in [5.74, 6) is -0.405. The number of sulfonamides is 1. The summed E-state index contributed by atoms with van der Waals surface area (Å²) in [5, 5.41) is 11.3. The van der Waals surface area contributed by atoms with E-state index in [0.717, 1.165) is 0 Å². The monoisotopic (exact) mass is 365 g/mol. The first kappa shape index (κ1) is 16.1. The van der Waals surface area contributed by atoms with Gasteiger partial charge in [-0.1, -0.05) is 5.21 Å². The molecule has 1 aliphatic rings. The van der Waals surface area contributed by atoms with Crippen LogP contribution in [0.15, 0.2) is 29.8 Å². The van der Waals surface area contributed by atoms with Crippen molar-refractivity contribution in [3.05, 3.63) is 36.2 Å². The van der Waals surface area contributed by atoms with Crippen LogP contribution < -0.4 is 0 Å². The summed E-state index contributed by atoms with van der Waals surface area (Å²) in [4.78, 5) is 3.96. The van der Waals surface area contributed by atoms with Crippen LogP contribution in [-0.2, 0) is 17.1 Å². The predicted octanol–water partition coefficient (Wildman–Crippen LogP) is 0.565. The van der Waals surface area contributed by atoms with Crippen molar-refractivity contribution in [2.75, 3.05) is 13.1 Å². The molecule has 3 aromatic heterocycles. The fourth-order valence-electron chi connectivity index (χ4n) is 3.14. The van der Waals surface area contributed by atoms with E-state index in [0.29, 0.717) is 37.1 Å². The molecule has 4 heterocycles. The summed E-state index contributed by atoms with van der Waals surface area (Å²) >= 11 is 0. The van der Waals surface area contributed by atoms with Crippen molar-refractivity contribution in [2.24, 2.45) is 7.05 Å². The van der Waals surface area contributed by atoms with E-state index >= 15 is 0 Å². The Bertz CT molecular complexity index is 1020. The van der Waals surface area contributed by atoms with Crippen LogP contribution in [0, 0.1) is 5.82 Å². The van der Waals surface area contributed by atoms with Gasteiger partial charge < -0.3 is 0 Å². The highest BCUT2D eigenvalue weighted by molar-refractivity contribution is 7.89. The lowest BCUT2D eigenvalue weighted by Gasteiger charge is -2.30. The standard InChI is InChI=1S/C14H16FN7O2S/c1-20-8-14(18-19-20)25(23,24)21-4-2-10(3-5-21)11-7-22-13(6-12(11)15)16-9-17-22/h6-10H,2-5H2,1H3. The van der Waals surface area contributed by atoms with Gasteiger partial charge in [-0.25, -0.2) is 22.3 Å². The van der Waals surface area contributed by atoms with Crippen molar-refractivity contribution in [3.63, 3.8) is 0 Å². The van der Waals surface area contributed by atoms with Crippen LogP contribution in [0.2, 0.25) is 0 Å². The molecule has 0 saturated carbocycles. The number of nitrogens with zero attached hydrogens (tertiary/aromatic N) is 7. The first-order valence-electron chi connectivity index (χ1n) is 7.80. The Morgan fingerprint density at radius 1 is 1.24 bits per heavy atom. The minimum atomic E-state index is -3.67. The maximum absolute atomic E-state index is 14.3. The number of aryl methyl sites for hydroxylation is 1. The lowest BCUT2D eigenvalue weighted by molar-refractivity contribution is 0.314. The van der Waals surface area contributed by atoms with Crippen molar-refractivity contribution in [2.45, 2.75) is 23.8 Å². The second kappa shape index (κ2) is 5.85. The number of rotatable bonds is 3. The summed E-state index contributed by atoms with van der Waals surface area (Å²) in [6.07, 6.45) is 5.43. The second-order valence-electron chi connectivity index (χ2n) is 6.05. The maximum atomic E-state index is 14.3. The highest BCUT2D eigenvalue weighted by atomic mass is 32.2. The highest BCUT2D eigenvalue weighted by Gasteiger charge is 2.32. The normalized spacial score (nSPS) is 17.4. The molecule has 25 heavy (non-hydrogen) atoms. The van der Waals surface area contributed by atoms with Crippen LogP contribution in [0.3, 0.4) is 0 Å². The second-order valence-corrected chi connectivity index (χ2v) is 7.93. The van der Waals surface area contributed by atoms with Gasteiger partial charge in [0.2, 0.25) is 5.03 Å². The topological polar surface area (TPSA) is 98.3 Å². The molecular weight excluding hydrogens is 349 g/mol. The van der Waals surface area contributed by atoms with Crippen LogP contribution in [0.4, 0.5) is 4.39 Å². The van der Waals surface area contributed by atoms with E-state index in [-0.39, 0.29) is 16.8 Å². The molecule has 0 N–H and O–H groups in total. The summed E-state index contributed by atoms with van der Waals surface area (Å²) < 4.78 is 43.7. The number of aromatic nitrogens is 6. The molecule has 9 nitrogen and oxygen atoms in total. The Labute approximate surface area is 143 Å². The molecule has 1 saturated heterocycles. The van der Waals surface area contributed by atoms with Crippen LogP contribution in [0.25, 0.3) is 5.65 Å². The van der Waals surface area contributed by atoms with Gasteiger partial charge in [-0.15, -0.1) is 5.10 Å². The van der Waals surface area contributed by atoms with Gasteiger partial charge in [0.15, 0.2) is 5.65 Å². The average molecular weight is 365 g/mol. The van der Waals surface area contributed by atoms with E-state index in [2.05, 4.69) is 20.4 Å². The van der Waals surface area contributed by atoms with E-state index in [4.69, 9.17) is 0 Å². The lowest BCUT2D eigenvalue weighted by Crippen LogP contribution is -2.38. The molecule has 0 aromatic carbocycles. The predicted molar refractivity (Wildman–Crippen MR) is 84.7 cm³/mol. The fraction of sp³-hybridized carbons (Fsp3) is 0.429. The summed E-state index contributed by atoms with van der Waals surface area (Å²) in [6, 6.07) is 1.35. The molecule has 1 aliphatic heterocycles. The molecule has 0 bridgehead atoms. The first-order chi connectivity index (χ1) is 11.9. The van der Waals surface area contributed by atoms with Crippen molar-refractivity contribution < 1.29 is 12.8 Å². The van der Waals surface area contributed by atoms with Gasteiger partial charge in [0.1, 0.15) is 12.1 Å². The average Bonchev–Trinajstić information content (AvgIpc) is 3.23. The van der Waals surface area contributed by atoms with Gasteiger partial charge in [-0.2, -0.15) is 9.40 Å². The molecule has 0 unspecified atom stereocenters. The highest BCUT2D eigenvalue weighted by Crippen LogP contribution is 2.31. The molecular formula is C14H16FN7O2S. The van der Waals surface area contributed by atoms with E-state index in [1.165, 1.54) is 32.1 Å². The van der Waals surface area contributed by atoms with Gasteiger partial charge in [0.05, 0.1) is 6.20 Å². The Kier molecular flexibility index (Phi) is 3.76. The Balaban J connectivity index is 1.53. The Hall–Kier alpha value is -2.40. The van der Waals surface area contributed by atoms with E-state index in [9.17, 15) is 12.8 Å². The minimum absolute atomic E-state index is 0.0661. The first-order valence-corrected chi connectivity index (χ1v) is 9.24. The molecule has 0 aliphatic carbocycles. The van der Waals surface area contributed by atoms with Crippen LogP contribution >= 0.6 is 0 Å². The van der Waals surface area contributed by atoms with Gasteiger partial charge in [-0.3, -0.25) is 4.68 Å². The third-order valence-corrected chi connectivity index (χ3v) is 6.23. The van der Waals surface area contributed by atoms with E-state index in [1.807, 2.05) is 0 Å². The number of pyridine rings is 1. The van der Waals surface area contributed by atoms with Crippen LogP contribution in [0.1, 0.15) is 24.3 Å². The van der Waals surface area contributed by atoms with Crippen molar-refractivity contribution in [3.8, 4) is 0 Å². The van der Waals surface area contributed by atoms with Gasteiger partial charge in [-0.05, 0) is 18.8 Å². The van der Waals surface area contributed by atoms with Crippen molar-refractivity contribution in [1.29, 1.82) is 0 Å². The molecule has 0 radical (unpaired) electrons. The number of piperidine rings is 1. The van der Waals surface area contributed by atoms with Gasteiger partial charge >= 0.3 is 0 Å². The van der Waals surface area contributed by atoms with E-state index in [1.54, 1.807) is 13.2 Å². The molecule has 132 valence electrons. The number of fused-ring (bicyclic) bond motifs is 1. The summed E-state index contributed by atoms with van der Waals surface area (Å²) in [6.45, 7) is 0.608. The lowest BCUT2D eigenvalue weighted by atomic mass is 9.91. The van der Waals surface area contributed by atoms with E-state index < -0.39 is 10.0 Å².